The Kier molecular flexibility index (Phi) is 5.64. The molecule has 2 aromatic rings. The summed E-state index contributed by atoms with van der Waals surface area (Å²) in [5.74, 6) is 3.39. The number of carbonyl (C=O) groups excluding carboxylic acids is 1. The molecule has 2 N–H and O–H groups in total. The van der Waals surface area contributed by atoms with E-state index in [1.165, 1.54) is 0 Å². The lowest BCUT2D eigenvalue weighted by Crippen LogP contribution is -2.45. The minimum absolute atomic E-state index is 0.0945. The number of amides is 2. The second kappa shape index (κ2) is 8.51. The van der Waals surface area contributed by atoms with Crippen LogP contribution in [0.1, 0.15) is 25.0 Å². The van der Waals surface area contributed by atoms with Crippen molar-refractivity contribution in [2.75, 3.05) is 20.1 Å². The second-order valence-electron chi connectivity index (χ2n) is 7.73. The van der Waals surface area contributed by atoms with Crippen molar-refractivity contribution in [2.24, 2.45) is 5.92 Å². The summed E-state index contributed by atoms with van der Waals surface area (Å²) in [6, 6.07) is 11.5. The Hall–Kier alpha value is -3.09. The molecule has 7 nitrogen and oxygen atoms in total. The zero-order valence-corrected chi connectivity index (χ0v) is 16.7. The van der Waals surface area contributed by atoms with E-state index in [1.54, 1.807) is 0 Å². The number of benzene rings is 2. The number of carbonyl (C=O) groups is 1. The summed E-state index contributed by atoms with van der Waals surface area (Å²) >= 11 is 0. The van der Waals surface area contributed by atoms with Crippen LogP contribution in [-0.4, -0.2) is 32.2 Å². The van der Waals surface area contributed by atoms with Gasteiger partial charge in [-0.3, -0.25) is 0 Å². The lowest BCUT2D eigenvalue weighted by Gasteiger charge is -2.20. The fraction of sp³-hybridized carbons (Fsp3) is 0.409. The van der Waals surface area contributed by atoms with Crippen LogP contribution in [0.5, 0.6) is 23.0 Å². The highest BCUT2D eigenvalue weighted by Gasteiger charge is 2.20. The molecule has 29 heavy (non-hydrogen) atoms. The Labute approximate surface area is 170 Å². The van der Waals surface area contributed by atoms with Crippen LogP contribution in [0.4, 0.5) is 4.79 Å². The van der Waals surface area contributed by atoms with Crippen molar-refractivity contribution in [3.63, 3.8) is 0 Å². The minimum Gasteiger partial charge on any atom is -0.454 e. The van der Waals surface area contributed by atoms with Gasteiger partial charge in [0.2, 0.25) is 13.6 Å². The van der Waals surface area contributed by atoms with E-state index in [1.807, 2.05) is 36.4 Å². The van der Waals surface area contributed by atoms with E-state index in [2.05, 4.69) is 24.5 Å². The topological polar surface area (TPSA) is 78.1 Å². The first-order valence-corrected chi connectivity index (χ1v) is 9.88. The number of ether oxygens (including phenoxy) is 4. The molecule has 0 saturated carbocycles. The molecule has 7 heteroatoms. The summed E-state index contributed by atoms with van der Waals surface area (Å²) in [6.45, 7) is 5.26. The molecule has 2 aromatic carbocycles. The van der Waals surface area contributed by atoms with Gasteiger partial charge < -0.3 is 29.6 Å². The van der Waals surface area contributed by atoms with Gasteiger partial charge in [0.1, 0.15) is 0 Å². The molecular formula is C22H26N2O5. The maximum absolute atomic E-state index is 12.4. The Morgan fingerprint density at radius 3 is 1.90 bits per heavy atom. The van der Waals surface area contributed by atoms with Gasteiger partial charge in [0, 0.05) is 12.6 Å². The molecular weight excluding hydrogens is 372 g/mol. The quantitative estimate of drug-likeness (QED) is 0.749. The molecule has 2 aliphatic heterocycles. The molecule has 2 amide bonds. The summed E-state index contributed by atoms with van der Waals surface area (Å²) in [4.78, 5) is 12.4. The number of rotatable bonds is 7. The van der Waals surface area contributed by atoms with E-state index >= 15 is 0 Å². The smallest absolute Gasteiger partial charge is 0.315 e. The third-order valence-corrected chi connectivity index (χ3v) is 4.84. The van der Waals surface area contributed by atoms with Crippen LogP contribution < -0.4 is 29.6 Å². The van der Waals surface area contributed by atoms with Crippen molar-refractivity contribution in [1.82, 2.24) is 10.6 Å². The molecule has 0 saturated heterocycles. The van der Waals surface area contributed by atoms with Gasteiger partial charge in [-0.05, 0) is 54.2 Å². The van der Waals surface area contributed by atoms with Crippen LogP contribution in [0, 0.1) is 5.92 Å². The standard InChI is InChI=1S/C22H26N2O5/c1-14(2)11-23-22(25)24-17(7-15-3-5-18-20(9-15)28-12-26-18)8-16-4-6-19-21(10-16)29-13-27-19/h3-6,9-10,14,17H,7-8,11-13H2,1-2H3,(H2,23,24,25). The number of nitrogens with one attached hydrogen (secondary N) is 2. The lowest BCUT2D eigenvalue weighted by molar-refractivity contribution is 0.173. The summed E-state index contributed by atoms with van der Waals surface area (Å²) in [7, 11) is 0. The third kappa shape index (κ3) is 4.85. The van der Waals surface area contributed by atoms with Crippen molar-refractivity contribution in [3.8, 4) is 23.0 Å². The highest BCUT2D eigenvalue weighted by atomic mass is 16.7. The van der Waals surface area contributed by atoms with Crippen molar-refractivity contribution >= 4 is 6.03 Å². The van der Waals surface area contributed by atoms with Gasteiger partial charge >= 0.3 is 6.03 Å². The molecule has 0 radical (unpaired) electrons. The minimum atomic E-state index is -0.162. The molecule has 0 atom stereocenters. The molecule has 0 aromatic heterocycles. The van der Waals surface area contributed by atoms with Gasteiger partial charge in [0.25, 0.3) is 0 Å². The van der Waals surface area contributed by atoms with Gasteiger partial charge in [-0.2, -0.15) is 0 Å². The predicted octanol–water partition coefficient (Wildman–Crippen LogP) is 3.25. The summed E-state index contributed by atoms with van der Waals surface area (Å²) in [5.41, 5.74) is 2.15. The van der Waals surface area contributed by atoms with E-state index in [9.17, 15) is 4.79 Å². The van der Waals surface area contributed by atoms with E-state index in [0.29, 0.717) is 25.3 Å². The molecule has 0 bridgehead atoms. The van der Waals surface area contributed by atoms with Crippen molar-refractivity contribution < 1.29 is 23.7 Å². The number of fused-ring (bicyclic) bond motifs is 2. The molecule has 154 valence electrons. The van der Waals surface area contributed by atoms with Gasteiger partial charge in [0.05, 0.1) is 0 Å². The second-order valence-corrected chi connectivity index (χ2v) is 7.73. The SMILES string of the molecule is CC(C)CNC(=O)NC(Cc1ccc2c(c1)OCO2)Cc1ccc2c(c1)OCO2. The van der Waals surface area contributed by atoms with E-state index < -0.39 is 0 Å². The molecule has 4 rings (SSSR count). The van der Waals surface area contributed by atoms with Crippen LogP contribution in [0.15, 0.2) is 36.4 Å². The van der Waals surface area contributed by atoms with Crippen molar-refractivity contribution in [2.45, 2.75) is 32.7 Å². The monoisotopic (exact) mass is 398 g/mol. The molecule has 0 unspecified atom stereocenters. The highest BCUT2D eigenvalue weighted by molar-refractivity contribution is 5.74. The average molecular weight is 398 g/mol. The Morgan fingerprint density at radius 1 is 0.862 bits per heavy atom. The van der Waals surface area contributed by atoms with Crippen LogP contribution >= 0.6 is 0 Å². The first-order valence-electron chi connectivity index (χ1n) is 9.88. The number of hydrogen-bond acceptors (Lipinski definition) is 5. The summed E-state index contributed by atoms with van der Waals surface area (Å²) in [6.07, 6.45) is 1.33. The lowest BCUT2D eigenvalue weighted by atomic mass is 9.98. The van der Waals surface area contributed by atoms with Crippen LogP contribution in [0.3, 0.4) is 0 Å². The molecule has 0 fully saturated rings. The maximum Gasteiger partial charge on any atom is 0.315 e. The first-order chi connectivity index (χ1) is 14.1. The van der Waals surface area contributed by atoms with E-state index in [4.69, 9.17) is 18.9 Å². The largest absolute Gasteiger partial charge is 0.454 e. The van der Waals surface area contributed by atoms with E-state index in [-0.39, 0.29) is 25.7 Å². The zero-order valence-electron chi connectivity index (χ0n) is 16.7. The van der Waals surface area contributed by atoms with Crippen LogP contribution in [-0.2, 0) is 12.8 Å². The normalized spacial score (nSPS) is 13.8. The zero-order chi connectivity index (χ0) is 20.2. The van der Waals surface area contributed by atoms with Gasteiger partial charge in [0.15, 0.2) is 23.0 Å². The fourth-order valence-electron chi connectivity index (χ4n) is 3.41. The Balaban J connectivity index is 1.48. The van der Waals surface area contributed by atoms with Crippen LogP contribution in [0.2, 0.25) is 0 Å². The van der Waals surface area contributed by atoms with Gasteiger partial charge in [-0.1, -0.05) is 26.0 Å². The Morgan fingerprint density at radius 2 is 1.38 bits per heavy atom. The van der Waals surface area contributed by atoms with Crippen molar-refractivity contribution in [1.29, 1.82) is 0 Å². The Bertz CT molecular complexity index is 824. The van der Waals surface area contributed by atoms with Gasteiger partial charge in [-0.15, -0.1) is 0 Å². The fourth-order valence-corrected chi connectivity index (χ4v) is 3.41. The summed E-state index contributed by atoms with van der Waals surface area (Å²) < 4.78 is 21.7. The summed E-state index contributed by atoms with van der Waals surface area (Å²) in [5, 5.41) is 6.04. The molecule has 0 aliphatic carbocycles. The predicted molar refractivity (Wildman–Crippen MR) is 108 cm³/mol. The number of urea groups is 1. The highest BCUT2D eigenvalue weighted by Crippen LogP contribution is 2.34. The first kappa shape index (κ1) is 19.2. The van der Waals surface area contributed by atoms with Crippen LogP contribution in [0.25, 0.3) is 0 Å². The molecule has 2 aliphatic rings. The maximum atomic E-state index is 12.4. The van der Waals surface area contributed by atoms with E-state index in [0.717, 1.165) is 34.1 Å². The van der Waals surface area contributed by atoms with Gasteiger partial charge in [-0.25, -0.2) is 4.79 Å². The third-order valence-electron chi connectivity index (χ3n) is 4.84. The van der Waals surface area contributed by atoms with Crippen molar-refractivity contribution in [3.05, 3.63) is 47.5 Å². The number of hydrogen-bond donors (Lipinski definition) is 2. The molecule has 2 heterocycles. The molecule has 0 spiro atoms. The average Bonchev–Trinajstić information content (AvgIpc) is 3.34.